The van der Waals surface area contributed by atoms with Gasteiger partial charge in [0, 0.05) is 37.4 Å². The lowest BCUT2D eigenvalue weighted by Crippen LogP contribution is -2.49. The predicted molar refractivity (Wildman–Crippen MR) is 104 cm³/mol. The lowest BCUT2D eigenvalue weighted by Gasteiger charge is -2.34. The Bertz CT molecular complexity index is 1600. The number of methoxy groups -OCH3 is 2. The van der Waals surface area contributed by atoms with Gasteiger partial charge in [-0.15, -0.1) is 0 Å². The number of hydrogen-bond donors (Lipinski definition) is 1. The first-order valence-electron chi connectivity index (χ1n) is 15.4. The molecule has 146 valence electrons. The lowest BCUT2D eigenvalue weighted by atomic mass is 10.2. The molecule has 3 aromatic rings. The highest BCUT2D eigenvalue weighted by molar-refractivity contribution is 5.92. The molecule has 0 bridgehead atoms. The fourth-order valence-corrected chi connectivity index (χ4v) is 2.23. The smallest absolute Gasteiger partial charge is 0.289 e. The number of nitrogen functional groups attached to an aromatic ring is 1. The number of piperazine rings is 1. The number of anilines is 2. The summed E-state index contributed by atoms with van der Waals surface area (Å²) in [5.74, 6) is -6.42. The standard InChI is InChI=1S/C19H21N5O4/c1-26-15-10-12-13(11-16(15)27-2)21-19(22-17(12)20)24-7-5-23(6-8-24)18(25)14-4-3-9-28-14/h3-4,9-11H,5-8H2,1-2H3,(H2,20,21,22)/i1D3,2D3,5D2,6D2,7D2,8D2,10D,11D. The maximum Gasteiger partial charge on any atom is 0.289 e. The Kier molecular flexibility index (Phi) is 1.86. The van der Waals surface area contributed by atoms with Gasteiger partial charge in [0.2, 0.25) is 5.95 Å². The molecule has 3 heterocycles. The SMILES string of the molecule is [2H]c1c(OC([2H])([2H])[2H])c(OC([2H])([2H])[2H])c([2H])c2c(N)nc(N3C([2H])([2H])C([2H])([2H])N(C(=O)c4ccco4)C([2H])([2H])C3([2H])[2H])nc12. The Labute approximate surface area is 184 Å². The summed E-state index contributed by atoms with van der Waals surface area (Å²) < 4.78 is 144. The van der Waals surface area contributed by atoms with Crippen molar-refractivity contribution in [2.45, 2.75) is 0 Å². The monoisotopic (exact) mass is 399 g/mol. The van der Waals surface area contributed by atoms with Crippen LogP contribution in [0.3, 0.4) is 0 Å². The van der Waals surface area contributed by atoms with E-state index in [1.807, 2.05) is 0 Å². The van der Waals surface area contributed by atoms with Crippen LogP contribution in [0, 0.1) is 0 Å². The molecule has 1 fully saturated rings. The molecule has 0 atom stereocenters. The second kappa shape index (κ2) is 7.26. The lowest BCUT2D eigenvalue weighted by molar-refractivity contribution is 0.0714. The fraction of sp³-hybridized carbons (Fsp3) is 0.316. The molecule has 0 aliphatic carbocycles. The van der Waals surface area contributed by atoms with Crippen molar-refractivity contribution in [1.82, 2.24) is 14.9 Å². The molecular formula is C19H21N5O4. The highest BCUT2D eigenvalue weighted by Crippen LogP contribution is 2.34. The van der Waals surface area contributed by atoms with Crippen molar-refractivity contribution < 1.29 is 40.6 Å². The molecule has 2 aromatic heterocycles. The molecule has 9 heteroatoms. The number of hydrogen-bond acceptors (Lipinski definition) is 8. The summed E-state index contributed by atoms with van der Waals surface area (Å²) in [6.45, 7) is -14.8. The third-order valence-corrected chi connectivity index (χ3v) is 3.49. The summed E-state index contributed by atoms with van der Waals surface area (Å²) >= 11 is 0. The molecule has 1 aliphatic rings. The number of fused-ring (bicyclic) bond motifs is 1. The van der Waals surface area contributed by atoms with E-state index in [2.05, 4.69) is 9.97 Å². The van der Waals surface area contributed by atoms with Gasteiger partial charge in [-0.05, 0) is 18.2 Å². The zero-order valence-electron chi connectivity index (χ0n) is 29.7. The second-order valence-electron chi connectivity index (χ2n) is 5.15. The zero-order valence-corrected chi connectivity index (χ0v) is 13.7. The maximum atomic E-state index is 13.1. The van der Waals surface area contributed by atoms with Gasteiger partial charge in [0.15, 0.2) is 17.3 Å². The average molecular weight is 400 g/mol. The molecule has 0 unspecified atom stereocenters. The first kappa shape index (κ1) is 7.16. The molecule has 1 aliphatic heterocycles. The van der Waals surface area contributed by atoms with Crippen molar-refractivity contribution in [1.29, 1.82) is 0 Å². The molecule has 0 radical (unpaired) electrons. The molecule has 9 nitrogen and oxygen atoms in total. The van der Waals surface area contributed by atoms with Crippen LogP contribution in [0.15, 0.2) is 34.9 Å². The van der Waals surface area contributed by atoms with Gasteiger partial charge in [0.25, 0.3) is 5.91 Å². The molecule has 28 heavy (non-hydrogen) atoms. The summed E-state index contributed by atoms with van der Waals surface area (Å²) in [7, 11) is -6.61. The molecule has 1 aromatic carbocycles. The van der Waals surface area contributed by atoms with E-state index in [9.17, 15) is 4.79 Å². The van der Waals surface area contributed by atoms with Crippen molar-refractivity contribution >= 4 is 28.6 Å². The molecule has 0 spiro atoms. The highest BCUT2D eigenvalue weighted by Gasteiger charge is 2.25. The first-order chi connectivity index (χ1) is 19.8. The Hall–Kier alpha value is -3.49. The summed E-state index contributed by atoms with van der Waals surface area (Å²) in [6.07, 6.45) is 1.00. The largest absolute Gasteiger partial charge is 0.493 e. The van der Waals surface area contributed by atoms with Gasteiger partial charge in [-0.1, -0.05) is 0 Å². The Morgan fingerprint density at radius 1 is 1.25 bits per heavy atom. The third kappa shape index (κ3) is 3.15. The van der Waals surface area contributed by atoms with Gasteiger partial charge in [0.05, 0.1) is 47.8 Å². The van der Waals surface area contributed by atoms with Crippen molar-refractivity contribution in [3.8, 4) is 11.5 Å². The topological polar surface area (TPSA) is 107 Å². The molecule has 4 rings (SSSR count). The number of furan rings is 1. The summed E-state index contributed by atoms with van der Waals surface area (Å²) in [5.41, 5.74) is 5.13. The number of aromatic nitrogens is 2. The van der Waals surface area contributed by atoms with Crippen molar-refractivity contribution in [3.63, 3.8) is 0 Å². The van der Waals surface area contributed by atoms with Crippen LogP contribution in [0.4, 0.5) is 11.8 Å². The van der Waals surface area contributed by atoms with E-state index >= 15 is 0 Å². The van der Waals surface area contributed by atoms with Crippen LogP contribution in [0.5, 0.6) is 11.5 Å². The Balaban J connectivity index is 2.02. The quantitative estimate of drug-likeness (QED) is 0.707. The van der Waals surface area contributed by atoms with E-state index in [0.29, 0.717) is 0 Å². The Morgan fingerprint density at radius 3 is 2.68 bits per heavy atom. The van der Waals surface area contributed by atoms with Crippen LogP contribution >= 0.6 is 0 Å². The van der Waals surface area contributed by atoms with Crippen molar-refractivity contribution in [2.24, 2.45) is 0 Å². The van der Waals surface area contributed by atoms with Gasteiger partial charge >= 0.3 is 0 Å². The minimum atomic E-state index is -3.71. The first-order valence-corrected chi connectivity index (χ1v) is 7.44. The third-order valence-electron chi connectivity index (χ3n) is 3.49. The van der Waals surface area contributed by atoms with E-state index in [0.717, 1.165) is 12.3 Å². The van der Waals surface area contributed by atoms with E-state index in [-0.39, 0.29) is 9.80 Å². The van der Waals surface area contributed by atoms with Crippen LogP contribution < -0.4 is 20.1 Å². The van der Waals surface area contributed by atoms with Crippen LogP contribution in [0.1, 0.15) is 32.5 Å². The maximum absolute atomic E-state index is 13.1. The van der Waals surface area contributed by atoms with Crippen LogP contribution in [-0.4, -0.2) is 60.8 Å². The molecule has 0 saturated carbocycles. The predicted octanol–water partition coefficient (Wildman–Crippen LogP) is 1.78. The number of benzene rings is 1. The van der Waals surface area contributed by atoms with Crippen molar-refractivity contribution in [3.05, 3.63) is 36.2 Å². The number of amides is 1. The van der Waals surface area contributed by atoms with Gasteiger partial charge in [0.1, 0.15) is 5.82 Å². The molecule has 1 saturated heterocycles. The number of rotatable bonds is 4. The molecule has 1 amide bonds. The van der Waals surface area contributed by atoms with E-state index in [1.165, 1.54) is 6.07 Å². The van der Waals surface area contributed by atoms with Gasteiger partial charge in [-0.25, -0.2) is 4.98 Å². The number of ether oxygens (including phenoxy) is 2. The van der Waals surface area contributed by atoms with Gasteiger partial charge in [-0.3, -0.25) is 4.79 Å². The van der Waals surface area contributed by atoms with Crippen molar-refractivity contribution in [2.75, 3.05) is 50.7 Å². The number of carbonyl (C=O) groups is 1. The van der Waals surface area contributed by atoms with Crippen LogP contribution in [-0.2, 0) is 0 Å². The number of nitrogens with zero attached hydrogens (tertiary/aromatic N) is 4. The summed E-state index contributed by atoms with van der Waals surface area (Å²) in [5, 5.41) is -0.644. The van der Waals surface area contributed by atoms with E-state index < -0.39 is 98.0 Å². The van der Waals surface area contributed by atoms with Gasteiger partial charge < -0.3 is 29.4 Å². The van der Waals surface area contributed by atoms with Gasteiger partial charge in [-0.2, -0.15) is 4.98 Å². The average Bonchev–Trinajstić information content (AvgIpc) is 3.37. The second-order valence-corrected chi connectivity index (χ2v) is 5.15. The fourth-order valence-electron chi connectivity index (χ4n) is 2.23. The van der Waals surface area contributed by atoms with E-state index in [4.69, 9.17) is 41.6 Å². The number of nitrogens with two attached hydrogens (primary N) is 1. The molecular weight excluding hydrogens is 362 g/mol. The highest BCUT2D eigenvalue weighted by atomic mass is 16.5. The minimum Gasteiger partial charge on any atom is -0.493 e. The zero-order chi connectivity index (χ0) is 33.6. The number of carbonyl (C=O) groups excluding carboxylic acids is 1. The van der Waals surface area contributed by atoms with Crippen LogP contribution in [0.25, 0.3) is 10.9 Å². The minimum absolute atomic E-state index is 0.193. The summed E-state index contributed by atoms with van der Waals surface area (Å²) in [6, 6.07) is 0.166. The van der Waals surface area contributed by atoms with Crippen LogP contribution in [0.2, 0.25) is 0 Å². The summed E-state index contributed by atoms with van der Waals surface area (Å²) in [4.78, 5) is 20.1. The molecule has 2 N–H and O–H groups in total. The van der Waals surface area contributed by atoms with E-state index in [1.54, 1.807) is 0 Å². The Morgan fingerprint density at radius 2 is 2.00 bits per heavy atom. The normalized spacial score (nSPS) is 30.9.